The van der Waals surface area contributed by atoms with Crippen molar-refractivity contribution in [2.24, 2.45) is 0 Å². The van der Waals surface area contributed by atoms with Gasteiger partial charge in [0.15, 0.2) is 5.82 Å². The molecule has 2 aromatic heterocycles. The Morgan fingerprint density at radius 3 is 2.73 bits per heavy atom. The van der Waals surface area contributed by atoms with E-state index in [4.69, 9.17) is 15.6 Å². The van der Waals surface area contributed by atoms with E-state index in [0.717, 1.165) is 0 Å². The highest BCUT2D eigenvalue weighted by Gasteiger charge is 2.23. The van der Waals surface area contributed by atoms with Crippen molar-refractivity contribution in [1.82, 2.24) is 9.97 Å². The number of halogens is 1. The van der Waals surface area contributed by atoms with Crippen molar-refractivity contribution >= 4 is 22.5 Å². The molecule has 0 fully saturated rings. The smallest absolute Gasteiger partial charge is 0.153 e. The van der Waals surface area contributed by atoms with E-state index in [-0.39, 0.29) is 17.2 Å². The number of fused-ring (bicyclic) bond motifs is 1. The van der Waals surface area contributed by atoms with Gasteiger partial charge in [-0.15, -0.1) is 0 Å². The van der Waals surface area contributed by atoms with E-state index in [1.165, 1.54) is 18.5 Å². The molecule has 0 saturated heterocycles. The van der Waals surface area contributed by atoms with E-state index >= 15 is 0 Å². The van der Waals surface area contributed by atoms with Crippen molar-refractivity contribution in [2.45, 2.75) is 26.3 Å². The summed E-state index contributed by atoms with van der Waals surface area (Å²) in [5, 5.41) is 13.1. The molecule has 0 saturated carbocycles. The Morgan fingerprint density at radius 2 is 1.97 bits per heavy atom. The van der Waals surface area contributed by atoms with Crippen molar-refractivity contribution in [2.75, 3.05) is 11.1 Å². The second-order valence-electron chi connectivity index (χ2n) is 7.05. The van der Waals surface area contributed by atoms with Crippen LogP contribution in [0.15, 0.2) is 59.3 Å². The molecule has 0 spiro atoms. The third-order valence-corrected chi connectivity index (χ3v) is 5.10. The SMILES string of the molecule is CC[C@H](Nc1ncnc(C)c1N)c1oc2ccccc2c(=N)c1-c1cccc(F)c1. The Labute approximate surface area is 173 Å². The molecule has 0 bridgehead atoms. The number of aromatic nitrogens is 2. The highest BCUT2D eigenvalue weighted by molar-refractivity contribution is 5.82. The number of aryl methyl sites for hydroxylation is 1. The van der Waals surface area contributed by atoms with Crippen LogP contribution in [0.1, 0.15) is 30.8 Å². The quantitative estimate of drug-likeness (QED) is 0.437. The van der Waals surface area contributed by atoms with Crippen LogP contribution in [0.25, 0.3) is 22.1 Å². The predicted octanol–water partition coefficient (Wildman–Crippen LogP) is 4.96. The summed E-state index contributed by atoms with van der Waals surface area (Å²) in [6.07, 6.45) is 2.08. The number of rotatable bonds is 5. The van der Waals surface area contributed by atoms with Crippen molar-refractivity contribution < 1.29 is 8.81 Å². The normalized spacial score (nSPS) is 12.1. The number of anilines is 2. The summed E-state index contributed by atoms with van der Waals surface area (Å²) in [5.74, 6) is 0.652. The van der Waals surface area contributed by atoms with Crippen molar-refractivity contribution in [3.05, 3.63) is 77.5 Å². The van der Waals surface area contributed by atoms with Gasteiger partial charge >= 0.3 is 0 Å². The fourth-order valence-corrected chi connectivity index (χ4v) is 3.48. The van der Waals surface area contributed by atoms with Crippen LogP contribution in [0.4, 0.5) is 15.9 Å². The minimum Gasteiger partial charge on any atom is -0.458 e. The Bertz CT molecular complexity index is 1280. The summed E-state index contributed by atoms with van der Waals surface area (Å²) in [7, 11) is 0. The molecule has 0 aliphatic heterocycles. The second-order valence-corrected chi connectivity index (χ2v) is 7.05. The summed E-state index contributed by atoms with van der Waals surface area (Å²) >= 11 is 0. The third kappa shape index (κ3) is 3.50. The van der Waals surface area contributed by atoms with Gasteiger partial charge in [0.1, 0.15) is 23.5 Å². The first kappa shape index (κ1) is 19.6. The van der Waals surface area contributed by atoms with Crippen LogP contribution in [0.3, 0.4) is 0 Å². The molecule has 30 heavy (non-hydrogen) atoms. The fourth-order valence-electron chi connectivity index (χ4n) is 3.48. The number of nitrogen functional groups attached to an aromatic ring is 1. The average molecular weight is 403 g/mol. The molecule has 0 unspecified atom stereocenters. The molecule has 4 N–H and O–H groups in total. The number of hydrogen-bond donors (Lipinski definition) is 3. The summed E-state index contributed by atoms with van der Waals surface area (Å²) in [6, 6.07) is 13.2. The zero-order chi connectivity index (χ0) is 21.3. The molecule has 6 nitrogen and oxygen atoms in total. The topological polar surface area (TPSA) is 101 Å². The summed E-state index contributed by atoms with van der Waals surface area (Å²) in [5.41, 5.74) is 8.98. The molecule has 4 aromatic rings. The molecule has 152 valence electrons. The van der Waals surface area contributed by atoms with Crippen molar-refractivity contribution in [3.63, 3.8) is 0 Å². The lowest BCUT2D eigenvalue weighted by Gasteiger charge is -2.22. The molecule has 0 aliphatic carbocycles. The fraction of sp³-hybridized carbons (Fsp3) is 0.174. The van der Waals surface area contributed by atoms with Crippen LogP contribution in [-0.2, 0) is 0 Å². The zero-order valence-electron chi connectivity index (χ0n) is 16.7. The molecule has 0 radical (unpaired) electrons. The van der Waals surface area contributed by atoms with Gasteiger partial charge in [-0.25, -0.2) is 14.4 Å². The third-order valence-electron chi connectivity index (χ3n) is 5.10. The van der Waals surface area contributed by atoms with Gasteiger partial charge in [0.25, 0.3) is 0 Å². The highest BCUT2D eigenvalue weighted by atomic mass is 19.1. The van der Waals surface area contributed by atoms with E-state index in [2.05, 4.69) is 15.3 Å². The Balaban J connectivity index is 1.94. The Hall–Kier alpha value is -3.74. The summed E-state index contributed by atoms with van der Waals surface area (Å²) in [6.45, 7) is 3.80. The lowest BCUT2D eigenvalue weighted by atomic mass is 9.97. The van der Waals surface area contributed by atoms with Crippen LogP contribution in [0.5, 0.6) is 0 Å². The molecular formula is C23H22FN5O. The molecule has 2 heterocycles. The average Bonchev–Trinajstić information content (AvgIpc) is 2.75. The molecule has 7 heteroatoms. The van der Waals surface area contributed by atoms with Gasteiger partial charge in [0.05, 0.1) is 22.8 Å². The largest absolute Gasteiger partial charge is 0.458 e. The van der Waals surface area contributed by atoms with Crippen LogP contribution in [0.2, 0.25) is 0 Å². The minimum absolute atomic E-state index is 0.282. The lowest BCUT2D eigenvalue weighted by Crippen LogP contribution is -2.18. The molecule has 1 atom stereocenters. The maximum atomic E-state index is 14.0. The monoisotopic (exact) mass is 403 g/mol. The number of para-hydroxylation sites is 1. The van der Waals surface area contributed by atoms with E-state index in [0.29, 0.717) is 51.5 Å². The van der Waals surface area contributed by atoms with E-state index in [1.54, 1.807) is 12.1 Å². The molecule has 2 aromatic carbocycles. The zero-order valence-corrected chi connectivity index (χ0v) is 16.7. The first-order valence-electron chi connectivity index (χ1n) is 9.69. The van der Waals surface area contributed by atoms with Gasteiger partial charge in [-0.05, 0) is 43.2 Å². The molecule has 0 amide bonds. The Kier molecular flexibility index (Phi) is 5.18. The minimum atomic E-state index is -0.373. The van der Waals surface area contributed by atoms with Gasteiger partial charge in [0.2, 0.25) is 0 Å². The summed E-state index contributed by atoms with van der Waals surface area (Å²) in [4.78, 5) is 8.36. The van der Waals surface area contributed by atoms with E-state index in [1.807, 2.05) is 38.1 Å². The number of hydrogen-bond acceptors (Lipinski definition) is 6. The van der Waals surface area contributed by atoms with Crippen LogP contribution in [0, 0.1) is 18.2 Å². The number of nitrogens with two attached hydrogens (primary N) is 1. The first-order valence-corrected chi connectivity index (χ1v) is 9.69. The maximum absolute atomic E-state index is 14.0. The van der Waals surface area contributed by atoms with Gasteiger partial charge in [-0.1, -0.05) is 31.2 Å². The van der Waals surface area contributed by atoms with Gasteiger partial charge < -0.3 is 15.5 Å². The van der Waals surface area contributed by atoms with Crippen molar-refractivity contribution in [1.29, 1.82) is 5.41 Å². The van der Waals surface area contributed by atoms with Crippen LogP contribution < -0.4 is 16.4 Å². The number of benzene rings is 2. The van der Waals surface area contributed by atoms with E-state index < -0.39 is 0 Å². The van der Waals surface area contributed by atoms with E-state index in [9.17, 15) is 4.39 Å². The predicted molar refractivity (Wildman–Crippen MR) is 115 cm³/mol. The molecule has 0 aliphatic rings. The Morgan fingerprint density at radius 1 is 1.17 bits per heavy atom. The van der Waals surface area contributed by atoms with Gasteiger partial charge in [-0.2, -0.15) is 0 Å². The molecule has 4 rings (SSSR count). The summed E-state index contributed by atoms with van der Waals surface area (Å²) < 4.78 is 20.3. The number of nitrogens with zero attached hydrogens (tertiary/aromatic N) is 2. The van der Waals surface area contributed by atoms with Crippen LogP contribution in [-0.4, -0.2) is 9.97 Å². The maximum Gasteiger partial charge on any atom is 0.153 e. The molecular weight excluding hydrogens is 381 g/mol. The first-order chi connectivity index (χ1) is 14.5. The lowest BCUT2D eigenvalue weighted by molar-refractivity contribution is 0.494. The van der Waals surface area contributed by atoms with Gasteiger partial charge in [-0.3, -0.25) is 5.41 Å². The van der Waals surface area contributed by atoms with Crippen LogP contribution >= 0.6 is 0 Å². The second kappa shape index (κ2) is 7.94. The standard InChI is InChI=1S/C23H22FN5O/c1-3-17(29-23-20(25)13(2)27-12-28-23)22-19(14-7-6-8-15(24)11-14)21(26)16-9-4-5-10-18(16)30-22/h4-12,17,26H,3,25H2,1-2H3,(H,27,28,29)/t17-/m0/s1. The van der Waals surface area contributed by atoms with Crippen molar-refractivity contribution in [3.8, 4) is 11.1 Å². The number of nitrogens with one attached hydrogen (secondary N) is 2. The highest BCUT2D eigenvalue weighted by Crippen LogP contribution is 2.33. The van der Waals surface area contributed by atoms with Gasteiger partial charge in [0, 0.05) is 10.9 Å².